The minimum absolute atomic E-state index is 0.171. The van der Waals surface area contributed by atoms with Crippen LogP contribution in [0.15, 0.2) is 24.3 Å². The molecule has 1 atom stereocenters. The summed E-state index contributed by atoms with van der Waals surface area (Å²) in [6.45, 7) is 6.68. The van der Waals surface area contributed by atoms with Crippen molar-refractivity contribution in [2.45, 2.75) is 32.1 Å². The summed E-state index contributed by atoms with van der Waals surface area (Å²) in [6, 6.07) is 4.56. The zero-order valence-electron chi connectivity index (χ0n) is 15.6. The van der Waals surface area contributed by atoms with Crippen molar-refractivity contribution in [1.29, 1.82) is 0 Å². The summed E-state index contributed by atoms with van der Waals surface area (Å²) in [5.74, 6) is -0.695. The maximum absolute atomic E-state index is 13.0. The van der Waals surface area contributed by atoms with E-state index in [1.165, 1.54) is 24.3 Å². The molecule has 1 saturated heterocycles. The lowest BCUT2D eigenvalue weighted by atomic mass is 10.0. The number of hydrogen-bond donors (Lipinski definition) is 1. The van der Waals surface area contributed by atoms with Crippen LogP contribution in [-0.4, -0.2) is 63.4 Å². The maximum atomic E-state index is 13.0. The molecule has 6 nitrogen and oxygen atoms in total. The largest absolute Gasteiger partial charge is 0.339 e. The van der Waals surface area contributed by atoms with E-state index >= 15 is 0 Å². The van der Waals surface area contributed by atoms with Crippen molar-refractivity contribution in [3.63, 3.8) is 0 Å². The fourth-order valence-corrected chi connectivity index (χ4v) is 4.32. The average molecular weight is 386 g/mol. The van der Waals surface area contributed by atoms with E-state index in [-0.39, 0.29) is 17.6 Å². The Morgan fingerprint density at radius 3 is 2.27 bits per heavy atom. The van der Waals surface area contributed by atoms with E-state index in [1.54, 1.807) is 4.90 Å². The van der Waals surface area contributed by atoms with Gasteiger partial charge in [0.05, 0.1) is 5.75 Å². The molecular formula is C18H28FN3O3S. The lowest BCUT2D eigenvalue weighted by Gasteiger charge is -2.35. The minimum Gasteiger partial charge on any atom is -0.339 e. The third kappa shape index (κ3) is 6.34. The van der Waals surface area contributed by atoms with Crippen molar-refractivity contribution in [3.05, 3.63) is 35.6 Å². The molecule has 1 fully saturated rings. The molecule has 0 aromatic heterocycles. The zero-order valence-corrected chi connectivity index (χ0v) is 16.4. The molecule has 26 heavy (non-hydrogen) atoms. The van der Waals surface area contributed by atoms with E-state index in [0.717, 1.165) is 13.1 Å². The van der Waals surface area contributed by atoms with Gasteiger partial charge >= 0.3 is 0 Å². The smallest absolute Gasteiger partial charge is 0.240 e. The third-order valence-corrected chi connectivity index (χ3v) is 5.77. The summed E-state index contributed by atoms with van der Waals surface area (Å²) >= 11 is 0. The van der Waals surface area contributed by atoms with Crippen molar-refractivity contribution in [2.24, 2.45) is 5.92 Å². The molecule has 0 saturated carbocycles. The second kappa shape index (κ2) is 8.92. The molecule has 2 rings (SSSR count). The summed E-state index contributed by atoms with van der Waals surface area (Å²) in [6.07, 6.45) is 0.438. The van der Waals surface area contributed by atoms with E-state index in [2.05, 4.69) is 9.62 Å². The van der Waals surface area contributed by atoms with E-state index < -0.39 is 21.9 Å². The van der Waals surface area contributed by atoms with E-state index in [0.29, 0.717) is 25.1 Å². The second-order valence-corrected chi connectivity index (χ2v) is 9.07. The van der Waals surface area contributed by atoms with Crippen molar-refractivity contribution in [3.8, 4) is 0 Å². The Balaban J connectivity index is 2.07. The monoisotopic (exact) mass is 385 g/mol. The number of benzene rings is 1. The van der Waals surface area contributed by atoms with Crippen molar-refractivity contribution in [2.75, 3.05) is 33.2 Å². The van der Waals surface area contributed by atoms with E-state index in [4.69, 9.17) is 0 Å². The van der Waals surface area contributed by atoms with Gasteiger partial charge in [-0.2, -0.15) is 0 Å². The highest BCUT2D eigenvalue weighted by molar-refractivity contribution is 7.88. The Bertz CT molecular complexity index is 699. The topological polar surface area (TPSA) is 69.7 Å². The molecule has 1 heterocycles. The molecule has 1 aromatic rings. The first-order chi connectivity index (χ1) is 12.2. The van der Waals surface area contributed by atoms with Crippen LogP contribution in [0.4, 0.5) is 4.39 Å². The molecule has 1 amide bonds. The fraction of sp³-hybridized carbons (Fsp3) is 0.611. The van der Waals surface area contributed by atoms with Crippen LogP contribution in [0.25, 0.3) is 0 Å². The number of amides is 1. The molecule has 146 valence electrons. The number of halogens is 1. The van der Waals surface area contributed by atoms with Gasteiger partial charge in [0.25, 0.3) is 0 Å². The van der Waals surface area contributed by atoms with Crippen LogP contribution < -0.4 is 4.72 Å². The predicted molar refractivity (Wildman–Crippen MR) is 99.5 cm³/mol. The van der Waals surface area contributed by atoms with Crippen LogP contribution in [0, 0.1) is 11.7 Å². The predicted octanol–water partition coefficient (Wildman–Crippen LogP) is 1.43. The van der Waals surface area contributed by atoms with Crippen LogP contribution in [0.3, 0.4) is 0 Å². The molecule has 0 spiro atoms. The van der Waals surface area contributed by atoms with Gasteiger partial charge in [0.2, 0.25) is 15.9 Å². The van der Waals surface area contributed by atoms with Crippen molar-refractivity contribution in [1.82, 2.24) is 14.5 Å². The summed E-state index contributed by atoms with van der Waals surface area (Å²) in [4.78, 5) is 16.7. The number of nitrogens with one attached hydrogen (secondary N) is 1. The second-order valence-electron chi connectivity index (χ2n) is 7.31. The highest BCUT2D eigenvalue weighted by Gasteiger charge is 2.30. The molecule has 0 radical (unpaired) electrons. The lowest BCUT2D eigenvalue weighted by Crippen LogP contribution is -2.54. The molecule has 1 aromatic carbocycles. The van der Waals surface area contributed by atoms with Gasteiger partial charge in [0, 0.05) is 26.2 Å². The summed E-state index contributed by atoms with van der Waals surface area (Å²) < 4.78 is 40.6. The van der Waals surface area contributed by atoms with Gasteiger partial charge < -0.3 is 9.80 Å². The first-order valence-corrected chi connectivity index (χ1v) is 10.5. The summed E-state index contributed by atoms with van der Waals surface area (Å²) in [5.41, 5.74) is 0.481. The molecule has 1 aliphatic rings. The number of hydrogen-bond acceptors (Lipinski definition) is 4. The molecule has 0 unspecified atom stereocenters. The van der Waals surface area contributed by atoms with E-state index in [1.807, 2.05) is 20.9 Å². The molecule has 1 N–H and O–H groups in total. The molecule has 8 heteroatoms. The Kier molecular flexibility index (Phi) is 7.14. The van der Waals surface area contributed by atoms with Gasteiger partial charge in [-0.1, -0.05) is 26.0 Å². The number of piperazine rings is 1. The van der Waals surface area contributed by atoms with Crippen LogP contribution >= 0.6 is 0 Å². The first-order valence-electron chi connectivity index (χ1n) is 8.88. The molecular weight excluding hydrogens is 357 g/mol. The summed E-state index contributed by atoms with van der Waals surface area (Å²) in [7, 11) is -1.72. The normalized spacial score (nSPS) is 17.5. The van der Waals surface area contributed by atoms with Crippen molar-refractivity contribution >= 4 is 15.9 Å². The number of carbonyl (C=O) groups excluding carboxylic acids is 1. The van der Waals surface area contributed by atoms with E-state index in [9.17, 15) is 17.6 Å². The lowest BCUT2D eigenvalue weighted by molar-refractivity contribution is -0.135. The van der Waals surface area contributed by atoms with Gasteiger partial charge in [-0.25, -0.2) is 17.5 Å². The highest BCUT2D eigenvalue weighted by atomic mass is 32.2. The Morgan fingerprint density at radius 1 is 1.15 bits per heavy atom. The quantitative estimate of drug-likeness (QED) is 0.771. The van der Waals surface area contributed by atoms with Crippen LogP contribution in [0.5, 0.6) is 0 Å². The van der Waals surface area contributed by atoms with Gasteiger partial charge in [0.15, 0.2) is 0 Å². The third-order valence-electron chi connectivity index (χ3n) is 4.41. The number of nitrogens with zero attached hydrogens (tertiary/aromatic N) is 2. The highest BCUT2D eigenvalue weighted by Crippen LogP contribution is 2.13. The molecule has 0 aliphatic carbocycles. The number of sulfonamides is 1. The van der Waals surface area contributed by atoms with Crippen LogP contribution in [0.2, 0.25) is 0 Å². The first kappa shape index (κ1) is 20.8. The minimum atomic E-state index is -3.72. The number of likely N-dealkylation sites (N-methyl/N-ethyl adjacent to an activating group) is 1. The standard InChI is InChI=1S/C18H28FN3O3S/c1-14(2)12-17(18(23)22-10-8-21(3)9-11-22)20-26(24,25)13-15-4-6-16(19)7-5-15/h4-7,14,17,20H,8-13H2,1-3H3/t17-/m1/s1. The number of carbonyl (C=O) groups is 1. The summed E-state index contributed by atoms with van der Waals surface area (Å²) in [5, 5.41) is 0. The van der Waals surface area contributed by atoms with Gasteiger partial charge in [0.1, 0.15) is 11.9 Å². The molecule has 0 bridgehead atoms. The maximum Gasteiger partial charge on any atom is 0.240 e. The Labute approximate surface area is 155 Å². The van der Waals surface area contributed by atoms with Gasteiger partial charge in [-0.15, -0.1) is 0 Å². The van der Waals surface area contributed by atoms with Gasteiger partial charge in [-0.3, -0.25) is 4.79 Å². The molecule has 1 aliphatic heterocycles. The van der Waals surface area contributed by atoms with Gasteiger partial charge in [-0.05, 0) is 37.1 Å². The SMILES string of the molecule is CC(C)C[C@@H](NS(=O)(=O)Cc1ccc(F)cc1)C(=O)N1CCN(C)CC1. The van der Waals surface area contributed by atoms with Crippen molar-refractivity contribution < 1.29 is 17.6 Å². The Hall–Kier alpha value is -1.51. The van der Waals surface area contributed by atoms with Crippen LogP contribution in [-0.2, 0) is 20.6 Å². The number of rotatable bonds is 7. The Morgan fingerprint density at radius 2 is 1.73 bits per heavy atom. The zero-order chi connectivity index (χ0) is 19.3. The van der Waals surface area contributed by atoms with Crippen LogP contribution in [0.1, 0.15) is 25.8 Å². The average Bonchev–Trinajstić information content (AvgIpc) is 2.55. The fourth-order valence-electron chi connectivity index (χ4n) is 2.98.